The van der Waals surface area contributed by atoms with Gasteiger partial charge in [0, 0.05) is 18.3 Å². The fourth-order valence-electron chi connectivity index (χ4n) is 1.66. The average Bonchev–Trinajstić information content (AvgIpc) is 2.27. The van der Waals surface area contributed by atoms with Gasteiger partial charge in [-0.25, -0.2) is 4.98 Å². The molecule has 0 aliphatic rings. The van der Waals surface area contributed by atoms with Gasteiger partial charge < -0.3 is 10.5 Å². The number of pyridine rings is 1. The summed E-state index contributed by atoms with van der Waals surface area (Å²) < 4.78 is 5.74. The van der Waals surface area contributed by atoms with Gasteiger partial charge in [-0.1, -0.05) is 34.1 Å². The lowest BCUT2D eigenvalue weighted by Crippen LogP contribution is -2.12. The highest BCUT2D eigenvalue weighted by Gasteiger charge is 2.10. The molecule has 0 radical (unpaired) electrons. The summed E-state index contributed by atoms with van der Waals surface area (Å²) in [7, 11) is 0. The smallest absolute Gasteiger partial charge is 0.213 e. The molecule has 0 aromatic carbocycles. The summed E-state index contributed by atoms with van der Waals surface area (Å²) >= 11 is 0. The zero-order valence-corrected chi connectivity index (χ0v) is 12.1. The second-order valence-electron chi connectivity index (χ2n) is 5.92. The Morgan fingerprint density at radius 1 is 1.28 bits per heavy atom. The molecule has 0 atom stereocenters. The van der Waals surface area contributed by atoms with Gasteiger partial charge in [-0.15, -0.1) is 0 Å². The van der Waals surface area contributed by atoms with Gasteiger partial charge in [-0.05, 0) is 29.9 Å². The third-order valence-corrected chi connectivity index (χ3v) is 2.76. The summed E-state index contributed by atoms with van der Waals surface area (Å²) in [5.41, 5.74) is 8.16. The Balaban J connectivity index is 2.66. The predicted molar refractivity (Wildman–Crippen MR) is 75.7 cm³/mol. The van der Waals surface area contributed by atoms with Crippen molar-refractivity contribution in [1.29, 1.82) is 0 Å². The van der Waals surface area contributed by atoms with Crippen LogP contribution in [0.4, 0.5) is 0 Å². The summed E-state index contributed by atoms with van der Waals surface area (Å²) in [6.07, 6.45) is 3.08. The minimum absolute atomic E-state index is 0.289. The van der Waals surface area contributed by atoms with Crippen molar-refractivity contribution < 1.29 is 4.74 Å². The second-order valence-corrected chi connectivity index (χ2v) is 5.92. The van der Waals surface area contributed by atoms with E-state index in [0.29, 0.717) is 19.0 Å². The topological polar surface area (TPSA) is 48.1 Å². The zero-order valence-electron chi connectivity index (χ0n) is 12.1. The van der Waals surface area contributed by atoms with Crippen molar-refractivity contribution in [2.75, 3.05) is 6.61 Å². The fraction of sp³-hybridized carbons (Fsp3) is 0.667. The first-order valence-electron chi connectivity index (χ1n) is 6.77. The van der Waals surface area contributed by atoms with Gasteiger partial charge in [0.2, 0.25) is 5.88 Å². The quantitative estimate of drug-likeness (QED) is 0.842. The first-order chi connectivity index (χ1) is 8.44. The maximum atomic E-state index is 5.74. The van der Waals surface area contributed by atoms with Crippen molar-refractivity contribution in [1.82, 2.24) is 4.98 Å². The highest BCUT2D eigenvalue weighted by Crippen LogP contribution is 2.20. The van der Waals surface area contributed by atoms with Crippen molar-refractivity contribution in [3.8, 4) is 5.88 Å². The standard InChI is InChI=1S/C15H26N2O/c1-5-6-13-9-12(11-16)10-14(17-13)18-8-7-15(2,3)4/h9-10H,5-8,11,16H2,1-4H3. The lowest BCUT2D eigenvalue weighted by atomic mass is 9.93. The molecule has 1 heterocycles. The lowest BCUT2D eigenvalue weighted by Gasteiger charge is -2.18. The molecule has 1 aromatic heterocycles. The Hall–Kier alpha value is -1.09. The molecule has 1 rings (SSSR count). The number of hydrogen-bond donors (Lipinski definition) is 1. The van der Waals surface area contributed by atoms with E-state index in [4.69, 9.17) is 10.5 Å². The molecule has 2 N–H and O–H groups in total. The Kier molecular flexibility index (Phi) is 5.60. The largest absolute Gasteiger partial charge is 0.478 e. The molecule has 102 valence electrons. The summed E-state index contributed by atoms with van der Waals surface area (Å²) in [6, 6.07) is 4.02. The van der Waals surface area contributed by atoms with Crippen LogP contribution in [0.1, 0.15) is 51.8 Å². The Morgan fingerprint density at radius 3 is 2.56 bits per heavy atom. The van der Waals surface area contributed by atoms with Crippen LogP contribution in [0.5, 0.6) is 5.88 Å². The van der Waals surface area contributed by atoms with Gasteiger partial charge in [0.1, 0.15) is 0 Å². The van der Waals surface area contributed by atoms with E-state index in [9.17, 15) is 0 Å². The molecule has 0 spiro atoms. The van der Waals surface area contributed by atoms with E-state index in [1.54, 1.807) is 0 Å². The van der Waals surface area contributed by atoms with Crippen LogP contribution in [0.15, 0.2) is 12.1 Å². The van der Waals surface area contributed by atoms with Crippen molar-refractivity contribution >= 4 is 0 Å². The number of nitrogens with zero attached hydrogens (tertiary/aromatic N) is 1. The Bertz CT molecular complexity index is 369. The third kappa shape index (κ3) is 5.50. The third-order valence-electron chi connectivity index (χ3n) is 2.76. The van der Waals surface area contributed by atoms with E-state index in [-0.39, 0.29) is 5.41 Å². The molecule has 0 bridgehead atoms. The van der Waals surface area contributed by atoms with Gasteiger partial charge in [0.05, 0.1) is 6.61 Å². The van der Waals surface area contributed by atoms with Crippen molar-refractivity contribution in [3.05, 3.63) is 23.4 Å². The summed E-state index contributed by atoms with van der Waals surface area (Å²) in [5.74, 6) is 0.714. The number of nitrogens with two attached hydrogens (primary N) is 1. The van der Waals surface area contributed by atoms with E-state index < -0.39 is 0 Å². The number of hydrogen-bond acceptors (Lipinski definition) is 3. The van der Waals surface area contributed by atoms with Gasteiger partial charge >= 0.3 is 0 Å². The number of rotatable bonds is 6. The van der Waals surface area contributed by atoms with Crippen LogP contribution >= 0.6 is 0 Å². The molecule has 1 aromatic rings. The monoisotopic (exact) mass is 250 g/mol. The first kappa shape index (κ1) is 15.0. The van der Waals surface area contributed by atoms with Crippen molar-refractivity contribution in [3.63, 3.8) is 0 Å². The highest BCUT2D eigenvalue weighted by atomic mass is 16.5. The van der Waals surface area contributed by atoms with Gasteiger partial charge in [-0.2, -0.15) is 0 Å². The lowest BCUT2D eigenvalue weighted by molar-refractivity contribution is 0.236. The van der Waals surface area contributed by atoms with Gasteiger partial charge in [0.15, 0.2) is 0 Å². The van der Waals surface area contributed by atoms with E-state index in [1.807, 2.05) is 6.07 Å². The Morgan fingerprint density at radius 2 is 2.00 bits per heavy atom. The molecule has 0 amide bonds. The van der Waals surface area contributed by atoms with Crippen LogP contribution < -0.4 is 10.5 Å². The van der Waals surface area contributed by atoms with Crippen molar-refractivity contribution in [2.45, 2.75) is 53.5 Å². The molecule has 3 nitrogen and oxygen atoms in total. The minimum atomic E-state index is 0.289. The van der Waals surface area contributed by atoms with Crippen molar-refractivity contribution in [2.24, 2.45) is 11.1 Å². The normalized spacial score (nSPS) is 11.6. The van der Waals surface area contributed by atoms with Crippen LogP contribution in [0.3, 0.4) is 0 Å². The molecule has 0 aliphatic heterocycles. The van der Waals surface area contributed by atoms with Crippen LogP contribution in [-0.4, -0.2) is 11.6 Å². The van der Waals surface area contributed by atoms with Crippen LogP contribution in [0.25, 0.3) is 0 Å². The van der Waals surface area contributed by atoms with Crippen LogP contribution in [0, 0.1) is 5.41 Å². The van der Waals surface area contributed by atoms with Crippen LogP contribution in [0.2, 0.25) is 0 Å². The molecule has 0 unspecified atom stereocenters. The number of aryl methyl sites for hydroxylation is 1. The summed E-state index contributed by atoms with van der Waals surface area (Å²) in [4.78, 5) is 4.51. The predicted octanol–water partition coefficient (Wildman–Crippen LogP) is 3.31. The van der Waals surface area contributed by atoms with E-state index in [1.165, 1.54) is 0 Å². The molecule has 0 saturated carbocycles. The van der Waals surface area contributed by atoms with Crippen LogP contribution in [-0.2, 0) is 13.0 Å². The summed E-state index contributed by atoms with van der Waals surface area (Å²) in [5, 5.41) is 0. The summed E-state index contributed by atoms with van der Waals surface area (Å²) in [6.45, 7) is 10.0. The molecular weight excluding hydrogens is 224 g/mol. The SMILES string of the molecule is CCCc1cc(CN)cc(OCCC(C)(C)C)n1. The maximum Gasteiger partial charge on any atom is 0.213 e. The maximum absolute atomic E-state index is 5.74. The van der Waals surface area contributed by atoms with Gasteiger partial charge in [0.25, 0.3) is 0 Å². The molecule has 0 saturated heterocycles. The number of aromatic nitrogens is 1. The fourth-order valence-corrected chi connectivity index (χ4v) is 1.66. The molecule has 0 fully saturated rings. The zero-order chi connectivity index (χ0) is 13.6. The Labute approximate surface area is 111 Å². The molecule has 3 heteroatoms. The number of ether oxygens (including phenoxy) is 1. The highest BCUT2D eigenvalue weighted by molar-refractivity contribution is 5.25. The van der Waals surface area contributed by atoms with Gasteiger partial charge in [-0.3, -0.25) is 0 Å². The average molecular weight is 250 g/mol. The first-order valence-corrected chi connectivity index (χ1v) is 6.77. The molecular formula is C15H26N2O. The second kappa shape index (κ2) is 6.74. The van der Waals surface area contributed by atoms with E-state index in [2.05, 4.69) is 38.7 Å². The molecule has 0 aliphatic carbocycles. The van der Waals surface area contributed by atoms with E-state index >= 15 is 0 Å². The van der Waals surface area contributed by atoms with E-state index in [0.717, 1.165) is 30.5 Å². The molecule has 18 heavy (non-hydrogen) atoms. The minimum Gasteiger partial charge on any atom is -0.478 e.